The summed E-state index contributed by atoms with van der Waals surface area (Å²) >= 11 is 0. The summed E-state index contributed by atoms with van der Waals surface area (Å²) in [5, 5.41) is 10.4. The van der Waals surface area contributed by atoms with Gasteiger partial charge in [-0.1, -0.05) is 18.2 Å². The Morgan fingerprint density at radius 2 is 1.86 bits per heavy atom. The second kappa shape index (κ2) is 5.48. The fraction of sp³-hybridized carbons (Fsp3) is 0.412. The molecule has 1 aromatic carbocycles. The maximum absolute atomic E-state index is 12.2. The molecule has 0 aliphatic heterocycles. The molecule has 5 heteroatoms. The van der Waals surface area contributed by atoms with Gasteiger partial charge >= 0.3 is 6.03 Å². The van der Waals surface area contributed by atoms with E-state index in [1.54, 1.807) is 0 Å². The van der Waals surface area contributed by atoms with Gasteiger partial charge in [-0.2, -0.15) is 5.10 Å². The molecule has 1 saturated carbocycles. The SMILES string of the molecule is CC(C)(C)n1nc(C2CC2)cc1NC(=O)Nc1ccccc1. The van der Waals surface area contributed by atoms with Crippen LogP contribution < -0.4 is 10.6 Å². The third kappa shape index (κ3) is 3.30. The van der Waals surface area contributed by atoms with E-state index in [0.29, 0.717) is 5.92 Å². The molecule has 0 bridgehead atoms. The number of benzene rings is 1. The number of urea groups is 1. The van der Waals surface area contributed by atoms with Gasteiger partial charge in [0.2, 0.25) is 0 Å². The van der Waals surface area contributed by atoms with Gasteiger partial charge < -0.3 is 5.32 Å². The zero-order valence-electron chi connectivity index (χ0n) is 13.3. The van der Waals surface area contributed by atoms with Crippen molar-refractivity contribution < 1.29 is 4.79 Å². The molecule has 3 rings (SSSR count). The van der Waals surface area contributed by atoms with E-state index < -0.39 is 0 Å². The lowest BCUT2D eigenvalue weighted by molar-refractivity contribution is 0.261. The summed E-state index contributed by atoms with van der Waals surface area (Å²) in [5.41, 5.74) is 1.66. The molecule has 0 radical (unpaired) electrons. The van der Waals surface area contributed by atoms with Crippen molar-refractivity contribution in [1.82, 2.24) is 9.78 Å². The maximum atomic E-state index is 12.2. The number of nitrogens with zero attached hydrogens (tertiary/aromatic N) is 2. The van der Waals surface area contributed by atoms with Gasteiger partial charge in [0.15, 0.2) is 0 Å². The second-order valence-electron chi connectivity index (χ2n) is 6.76. The summed E-state index contributed by atoms with van der Waals surface area (Å²) in [7, 11) is 0. The number of para-hydroxylation sites is 1. The van der Waals surface area contributed by atoms with Crippen molar-refractivity contribution in [3.8, 4) is 0 Å². The summed E-state index contributed by atoms with van der Waals surface area (Å²) < 4.78 is 1.89. The predicted molar refractivity (Wildman–Crippen MR) is 88.3 cm³/mol. The van der Waals surface area contributed by atoms with E-state index in [1.165, 1.54) is 12.8 Å². The highest BCUT2D eigenvalue weighted by Gasteiger charge is 2.29. The van der Waals surface area contributed by atoms with Crippen molar-refractivity contribution in [2.75, 3.05) is 10.6 Å². The molecular formula is C17H22N4O. The van der Waals surface area contributed by atoms with Crippen LogP contribution in [0.1, 0.15) is 45.2 Å². The summed E-state index contributed by atoms with van der Waals surface area (Å²) in [4.78, 5) is 12.2. The topological polar surface area (TPSA) is 59.0 Å². The van der Waals surface area contributed by atoms with E-state index >= 15 is 0 Å². The van der Waals surface area contributed by atoms with Crippen LogP contribution in [0.4, 0.5) is 16.3 Å². The molecule has 5 nitrogen and oxygen atoms in total. The minimum Gasteiger partial charge on any atom is -0.308 e. The first kappa shape index (κ1) is 14.6. The highest BCUT2D eigenvalue weighted by molar-refractivity contribution is 5.99. The molecule has 1 aliphatic carbocycles. The zero-order chi connectivity index (χ0) is 15.7. The Bertz CT molecular complexity index is 666. The Labute approximate surface area is 130 Å². The van der Waals surface area contributed by atoms with Gasteiger partial charge in [0.25, 0.3) is 0 Å². The Hall–Kier alpha value is -2.30. The first-order valence-electron chi connectivity index (χ1n) is 7.67. The van der Waals surface area contributed by atoms with Crippen molar-refractivity contribution in [2.45, 2.75) is 45.1 Å². The van der Waals surface area contributed by atoms with Crippen molar-refractivity contribution in [3.63, 3.8) is 0 Å². The molecule has 2 N–H and O–H groups in total. The predicted octanol–water partition coefficient (Wildman–Crippen LogP) is 4.16. The summed E-state index contributed by atoms with van der Waals surface area (Å²) in [5.74, 6) is 1.30. The molecule has 1 heterocycles. The van der Waals surface area contributed by atoms with Gasteiger partial charge in [0.1, 0.15) is 5.82 Å². The van der Waals surface area contributed by atoms with E-state index in [0.717, 1.165) is 17.2 Å². The van der Waals surface area contributed by atoms with Crippen molar-refractivity contribution in [1.29, 1.82) is 0 Å². The van der Waals surface area contributed by atoms with E-state index in [1.807, 2.05) is 41.1 Å². The molecular weight excluding hydrogens is 276 g/mol. The second-order valence-corrected chi connectivity index (χ2v) is 6.76. The molecule has 1 aliphatic rings. The summed E-state index contributed by atoms with van der Waals surface area (Å²) in [6.07, 6.45) is 2.38. The number of carbonyl (C=O) groups is 1. The van der Waals surface area contributed by atoms with Crippen LogP contribution in [0.2, 0.25) is 0 Å². The van der Waals surface area contributed by atoms with Crippen LogP contribution in [0.25, 0.3) is 0 Å². The molecule has 0 spiro atoms. The number of rotatable bonds is 3. The lowest BCUT2D eigenvalue weighted by Gasteiger charge is -2.22. The Morgan fingerprint density at radius 1 is 1.18 bits per heavy atom. The van der Waals surface area contributed by atoms with Crippen LogP contribution in [0, 0.1) is 0 Å². The monoisotopic (exact) mass is 298 g/mol. The van der Waals surface area contributed by atoms with Gasteiger partial charge in [-0.3, -0.25) is 5.32 Å². The normalized spacial score (nSPS) is 14.7. The average molecular weight is 298 g/mol. The number of amides is 2. The molecule has 1 fully saturated rings. The molecule has 0 atom stereocenters. The summed E-state index contributed by atoms with van der Waals surface area (Å²) in [6, 6.07) is 11.2. The zero-order valence-corrected chi connectivity index (χ0v) is 13.3. The number of nitrogens with one attached hydrogen (secondary N) is 2. The highest BCUT2D eigenvalue weighted by atomic mass is 16.2. The Kier molecular flexibility index (Phi) is 3.64. The van der Waals surface area contributed by atoms with Crippen molar-refractivity contribution in [3.05, 3.63) is 42.1 Å². The Morgan fingerprint density at radius 3 is 2.45 bits per heavy atom. The quantitative estimate of drug-likeness (QED) is 0.894. The number of aromatic nitrogens is 2. The van der Waals surface area contributed by atoms with Crippen LogP contribution in [0.3, 0.4) is 0 Å². The molecule has 2 aromatic rings. The fourth-order valence-corrected chi connectivity index (χ4v) is 2.38. The largest absolute Gasteiger partial charge is 0.324 e. The van der Waals surface area contributed by atoms with Crippen molar-refractivity contribution >= 4 is 17.5 Å². The first-order chi connectivity index (χ1) is 10.4. The Balaban J connectivity index is 1.77. The highest BCUT2D eigenvalue weighted by Crippen LogP contribution is 2.40. The molecule has 22 heavy (non-hydrogen) atoms. The number of carbonyl (C=O) groups excluding carboxylic acids is 1. The van der Waals surface area contributed by atoms with Gasteiger partial charge in [-0.25, -0.2) is 9.48 Å². The third-order valence-corrected chi connectivity index (χ3v) is 3.63. The number of hydrogen-bond acceptors (Lipinski definition) is 2. The molecule has 116 valence electrons. The molecule has 0 unspecified atom stereocenters. The van der Waals surface area contributed by atoms with E-state index in [4.69, 9.17) is 0 Å². The number of hydrogen-bond donors (Lipinski definition) is 2. The van der Waals surface area contributed by atoms with E-state index in [9.17, 15) is 4.79 Å². The number of anilines is 2. The van der Waals surface area contributed by atoms with Crippen LogP contribution in [0.5, 0.6) is 0 Å². The smallest absolute Gasteiger partial charge is 0.308 e. The van der Waals surface area contributed by atoms with Crippen molar-refractivity contribution in [2.24, 2.45) is 0 Å². The molecule has 0 saturated heterocycles. The van der Waals surface area contributed by atoms with Gasteiger partial charge in [-0.15, -0.1) is 0 Å². The van der Waals surface area contributed by atoms with Crippen LogP contribution >= 0.6 is 0 Å². The molecule has 1 aromatic heterocycles. The van der Waals surface area contributed by atoms with Crippen LogP contribution in [-0.4, -0.2) is 15.8 Å². The lowest BCUT2D eigenvalue weighted by atomic mass is 10.1. The fourth-order valence-electron chi connectivity index (χ4n) is 2.38. The van der Waals surface area contributed by atoms with Crippen LogP contribution in [0.15, 0.2) is 36.4 Å². The van der Waals surface area contributed by atoms with Gasteiger partial charge in [-0.05, 0) is 45.7 Å². The van der Waals surface area contributed by atoms with Crippen LogP contribution in [-0.2, 0) is 5.54 Å². The molecule has 2 amide bonds. The summed E-state index contributed by atoms with van der Waals surface area (Å²) in [6.45, 7) is 6.24. The first-order valence-corrected chi connectivity index (χ1v) is 7.67. The minimum atomic E-state index is -0.251. The third-order valence-electron chi connectivity index (χ3n) is 3.63. The minimum absolute atomic E-state index is 0.178. The van der Waals surface area contributed by atoms with E-state index in [2.05, 4.69) is 36.5 Å². The van der Waals surface area contributed by atoms with Gasteiger partial charge in [0.05, 0.1) is 11.2 Å². The average Bonchev–Trinajstić information content (AvgIpc) is 3.20. The lowest BCUT2D eigenvalue weighted by Crippen LogP contribution is -2.28. The maximum Gasteiger partial charge on any atom is 0.324 e. The van der Waals surface area contributed by atoms with Gasteiger partial charge in [0, 0.05) is 17.7 Å². The van der Waals surface area contributed by atoms with E-state index in [-0.39, 0.29) is 11.6 Å². The standard InChI is InChI=1S/C17H22N4O/c1-17(2,3)21-15(11-14(20-21)12-9-10-12)19-16(22)18-13-7-5-4-6-8-13/h4-8,11-12H,9-10H2,1-3H3,(H2,18,19,22).